The first kappa shape index (κ1) is 22.4. The molecule has 2 N–H and O–H groups in total. The summed E-state index contributed by atoms with van der Waals surface area (Å²) in [4.78, 5) is 21.3. The van der Waals surface area contributed by atoms with Gasteiger partial charge in [-0.25, -0.2) is 0 Å². The summed E-state index contributed by atoms with van der Waals surface area (Å²) in [6.45, 7) is 5.18. The van der Waals surface area contributed by atoms with Gasteiger partial charge in [0.15, 0.2) is 5.96 Å². The van der Waals surface area contributed by atoms with Crippen LogP contribution in [0.5, 0.6) is 0 Å². The number of hydrogen-bond acceptors (Lipinski definition) is 4. The number of nitrogens with one attached hydrogen (secondary N) is 2. The van der Waals surface area contributed by atoms with Crippen LogP contribution in [0.1, 0.15) is 32.1 Å². The van der Waals surface area contributed by atoms with E-state index >= 15 is 0 Å². The molecule has 2 aliphatic rings. The molecule has 166 valence electrons. The fourth-order valence-electron chi connectivity index (χ4n) is 4.57. The maximum absolute atomic E-state index is 12.7. The van der Waals surface area contributed by atoms with Crippen molar-refractivity contribution in [3.05, 3.63) is 30.3 Å². The van der Waals surface area contributed by atoms with Crippen LogP contribution in [-0.4, -0.2) is 76.8 Å². The molecule has 1 aromatic rings. The highest BCUT2D eigenvalue weighted by atomic mass is 16.5. The largest absolute Gasteiger partial charge is 0.385 e. The lowest BCUT2D eigenvalue weighted by Crippen LogP contribution is -2.52. The van der Waals surface area contributed by atoms with Crippen molar-refractivity contribution in [3.63, 3.8) is 0 Å². The van der Waals surface area contributed by atoms with Crippen molar-refractivity contribution < 1.29 is 9.53 Å². The number of hydrogen-bond donors (Lipinski definition) is 2. The van der Waals surface area contributed by atoms with Gasteiger partial charge in [-0.1, -0.05) is 31.0 Å². The van der Waals surface area contributed by atoms with E-state index in [-0.39, 0.29) is 17.9 Å². The molecule has 1 aromatic carbocycles. The Kier molecular flexibility index (Phi) is 8.37. The average Bonchev–Trinajstić information content (AvgIpc) is 3.27. The Morgan fingerprint density at radius 1 is 1.10 bits per heavy atom. The van der Waals surface area contributed by atoms with Gasteiger partial charge in [0.25, 0.3) is 0 Å². The number of benzene rings is 1. The number of amides is 1. The van der Waals surface area contributed by atoms with E-state index in [1.54, 1.807) is 14.2 Å². The normalized spacial score (nSPS) is 19.1. The quantitative estimate of drug-likeness (QED) is 0.503. The van der Waals surface area contributed by atoms with Gasteiger partial charge in [0.2, 0.25) is 5.91 Å². The van der Waals surface area contributed by atoms with E-state index in [1.165, 1.54) is 31.4 Å². The molecule has 0 aromatic heterocycles. The fourth-order valence-corrected chi connectivity index (χ4v) is 4.57. The van der Waals surface area contributed by atoms with Crippen molar-refractivity contribution in [2.24, 2.45) is 10.4 Å². The molecule has 2 fully saturated rings. The number of anilines is 1. The Bertz CT molecular complexity index is 680. The number of para-hydroxylation sites is 1. The van der Waals surface area contributed by atoms with Crippen LogP contribution in [0.2, 0.25) is 0 Å². The smallest absolute Gasteiger partial charge is 0.242 e. The fraction of sp³-hybridized carbons (Fsp3) is 0.652. The third kappa shape index (κ3) is 6.11. The molecule has 0 spiro atoms. The number of rotatable bonds is 8. The van der Waals surface area contributed by atoms with E-state index in [9.17, 15) is 4.79 Å². The number of methoxy groups -OCH3 is 1. The van der Waals surface area contributed by atoms with E-state index in [2.05, 4.69) is 44.8 Å². The zero-order chi connectivity index (χ0) is 21.2. The summed E-state index contributed by atoms with van der Waals surface area (Å²) in [5, 5.41) is 6.66. The summed E-state index contributed by atoms with van der Waals surface area (Å²) in [6, 6.07) is 10.4. The summed E-state index contributed by atoms with van der Waals surface area (Å²) in [7, 11) is 3.52. The van der Waals surface area contributed by atoms with Crippen LogP contribution in [0.3, 0.4) is 0 Å². The van der Waals surface area contributed by atoms with Crippen LogP contribution in [0.4, 0.5) is 5.69 Å². The highest BCUT2D eigenvalue weighted by Crippen LogP contribution is 2.40. The van der Waals surface area contributed by atoms with Crippen LogP contribution in [0, 0.1) is 5.41 Å². The van der Waals surface area contributed by atoms with Crippen LogP contribution in [-0.2, 0) is 9.53 Å². The minimum Gasteiger partial charge on any atom is -0.385 e. The molecule has 0 radical (unpaired) electrons. The van der Waals surface area contributed by atoms with E-state index in [1.807, 2.05) is 11.0 Å². The van der Waals surface area contributed by atoms with Gasteiger partial charge in [-0.2, -0.15) is 0 Å². The van der Waals surface area contributed by atoms with Gasteiger partial charge in [0.1, 0.15) is 0 Å². The van der Waals surface area contributed by atoms with Crippen molar-refractivity contribution in [2.45, 2.75) is 32.1 Å². The summed E-state index contributed by atoms with van der Waals surface area (Å²) in [5.74, 6) is 0.829. The summed E-state index contributed by atoms with van der Waals surface area (Å²) >= 11 is 0. The first-order chi connectivity index (χ1) is 14.7. The van der Waals surface area contributed by atoms with Gasteiger partial charge in [-0.3, -0.25) is 9.79 Å². The second-order valence-corrected chi connectivity index (χ2v) is 8.43. The molecule has 1 aliphatic carbocycles. The number of guanidine groups is 1. The molecule has 7 nitrogen and oxygen atoms in total. The summed E-state index contributed by atoms with van der Waals surface area (Å²) in [5.41, 5.74) is 1.51. The van der Waals surface area contributed by atoms with Crippen molar-refractivity contribution >= 4 is 17.6 Å². The zero-order valence-corrected chi connectivity index (χ0v) is 18.5. The topological polar surface area (TPSA) is 69.2 Å². The third-order valence-corrected chi connectivity index (χ3v) is 6.52. The van der Waals surface area contributed by atoms with Gasteiger partial charge in [0, 0.05) is 59.2 Å². The Hall–Kier alpha value is -2.28. The second kappa shape index (κ2) is 11.2. The molecule has 0 unspecified atom stereocenters. The standard InChI is InChI=1S/C23H37N5O2/c1-24-22(26-19-23(12-17-30-2)10-6-7-11-23)25-18-21(29)28-15-13-27(14-16-28)20-8-4-3-5-9-20/h3-5,8-9H,6-7,10-19H2,1-2H3,(H2,24,25,26). The van der Waals surface area contributed by atoms with Gasteiger partial charge in [0.05, 0.1) is 6.54 Å². The van der Waals surface area contributed by atoms with Gasteiger partial charge < -0.3 is 25.2 Å². The Morgan fingerprint density at radius 2 is 1.80 bits per heavy atom. The third-order valence-electron chi connectivity index (χ3n) is 6.52. The lowest BCUT2D eigenvalue weighted by atomic mass is 9.83. The van der Waals surface area contributed by atoms with Crippen LogP contribution < -0.4 is 15.5 Å². The molecule has 1 heterocycles. The molecule has 1 saturated carbocycles. The lowest BCUT2D eigenvalue weighted by Gasteiger charge is -2.36. The van der Waals surface area contributed by atoms with E-state index < -0.39 is 0 Å². The molecule has 3 rings (SSSR count). The highest BCUT2D eigenvalue weighted by molar-refractivity contribution is 5.86. The second-order valence-electron chi connectivity index (χ2n) is 8.43. The van der Waals surface area contributed by atoms with Gasteiger partial charge >= 0.3 is 0 Å². The van der Waals surface area contributed by atoms with Crippen molar-refractivity contribution in [3.8, 4) is 0 Å². The van der Waals surface area contributed by atoms with E-state index in [0.29, 0.717) is 5.96 Å². The average molecular weight is 416 g/mol. The summed E-state index contributed by atoms with van der Waals surface area (Å²) in [6.07, 6.45) is 6.09. The minimum absolute atomic E-state index is 0.126. The Balaban J connectivity index is 1.41. The molecule has 1 aliphatic heterocycles. The molecule has 0 bridgehead atoms. The molecule has 1 saturated heterocycles. The number of carbonyl (C=O) groups is 1. The van der Waals surface area contributed by atoms with E-state index in [4.69, 9.17) is 4.74 Å². The van der Waals surface area contributed by atoms with Crippen LogP contribution in [0.25, 0.3) is 0 Å². The molecule has 1 amide bonds. The van der Waals surface area contributed by atoms with Crippen LogP contribution in [0.15, 0.2) is 35.3 Å². The molecular formula is C23H37N5O2. The zero-order valence-electron chi connectivity index (χ0n) is 18.5. The molecular weight excluding hydrogens is 378 g/mol. The first-order valence-electron chi connectivity index (χ1n) is 11.2. The number of nitrogens with zero attached hydrogens (tertiary/aromatic N) is 3. The number of carbonyl (C=O) groups excluding carboxylic acids is 1. The maximum atomic E-state index is 12.7. The maximum Gasteiger partial charge on any atom is 0.242 e. The van der Waals surface area contributed by atoms with Crippen molar-refractivity contribution in [1.29, 1.82) is 0 Å². The molecule has 0 atom stereocenters. The lowest BCUT2D eigenvalue weighted by molar-refractivity contribution is -0.130. The van der Waals surface area contributed by atoms with Crippen LogP contribution >= 0.6 is 0 Å². The predicted molar refractivity (Wildman–Crippen MR) is 122 cm³/mol. The SMILES string of the molecule is CN=C(NCC(=O)N1CCN(c2ccccc2)CC1)NCC1(CCOC)CCCC1. The molecule has 30 heavy (non-hydrogen) atoms. The number of aliphatic imine (C=N–C) groups is 1. The van der Waals surface area contributed by atoms with E-state index in [0.717, 1.165) is 45.8 Å². The molecule has 7 heteroatoms. The van der Waals surface area contributed by atoms with Gasteiger partial charge in [-0.15, -0.1) is 0 Å². The number of ether oxygens (including phenoxy) is 1. The Labute approximate surface area is 180 Å². The predicted octanol–water partition coefficient (Wildman–Crippen LogP) is 2.10. The van der Waals surface area contributed by atoms with Crippen molar-refractivity contribution in [1.82, 2.24) is 15.5 Å². The number of piperazine rings is 1. The highest BCUT2D eigenvalue weighted by Gasteiger charge is 2.33. The summed E-state index contributed by atoms with van der Waals surface area (Å²) < 4.78 is 5.32. The first-order valence-corrected chi connectivity index (χ1v) is 11.2. The monoisotopic (exact) mass is 415 g/mol. The Morgan fingerprint density at radius 3 is 2.43 bits per heavy atom. The van der Waals surface area contributed by atoms with Crippen molar-refractivity contribution in [2.75, 3.05) is 64.9 Å². The van der Waals surface area contributed by atoms with Gasteiger partial charge in [-0.05, 0) is 36.8 Å². The minimum atomic E-state index is 0.126.